The number of benzene rings is 1. The first kappa shape index (κ1) is 20.1. The Bertz CT molecular complexity index is 765. The van der Waals surface area contributed by atoms with Gasteiger partial charge in [-0.2, -0.15) is 4.31 Å². The summed E-state index contributed by atoms with van der Waals surface area (Å²) in [5, 5.41) is 3.25. The molecule has 27 heavy (non-hydrogen) atoms. The first-order valence-electron chi connectivity index (χ1n) is 9.88. The summed E-state index contributed by atoms with van der Waals surface area (Å²) in [7, 11) is -3.60. The van der Waals surface area contributed by atoms with E-state index in [4.69, 9.17) is 0 Å². The van der Waals surface area contributed by atoms with E-state index in [-0.39, 0.29) is 10.8 Å². The zero-order valence-electron chi connectivity index (χ0n) is 16.3. The number of nitrogens with one attached hydrogen (secondary N) is 1. The summed E-state index contributed by atoms with van der Waals surface area (Å²) in [6.07, 6.45) is 2.20. The maximum atomic E-state index is 13.2. The van der Waals surface area contributed by atoms with Crippen molar-refractivity contribution >= 4 is 21.6 Å². The van der Waals surface area contributed by atoms with Crippen molar-refractivity contribution in [2.45, 2.75) is 31.6 Å². The topological polar surface area (TPSA) is 73.0 Å². The lowest BCUT2D eigenvalue weighted by Crippen LogP contribution is -2.46. The predicted molar refractivity (Wildman–Crippen MR) is 107 cm³/mol. The smallest absolute Gasteiger partial charge is 0.256 e. The standard InChI is InChI=1S/C19H30N4O3S/c1-3-23(4-2)27(25,26)16-7-8-18(21-11-5-6-12-21)17(15-16)19(24)22-13-9-20-10-14-22/h7-8,15,20H,3-6,9-14H2,1-2H3. The Kier molecular flexibility index (Phi) is 6.39. The van der Waals surface area contributed by atoms with Crippen LogP contribution in [0.2, 0.25) is 0 Å². The fourth-order valence-corrected chi connectivity index (χ4v) is 5.32. The van der Waals surface area contributed by atoms with Crippen molar-refractivity contribution in [3.8, 4) is 0 Å². The molecule has 1 amide bonds. The Morgan fingerprint density at radius 1 is 1.07 bits per heavy atom. The summed E-state index contributed by atoms with van der Waals surface area (Å²) < 4.78 is 27.3. The highest BCUT2D eigenvalue weighted by molar-refractivity contribution is 7.89. The minimum Gasteiger partial charge on any atom is -0.371 e. The lowest BCUT2D eigenvalue weighted by molar-refractivity contribution is 0.0736. The van der Waals surface area contributed by atoms with Gasteiger partial charge in [-0.1, -0.05) is 13.8 Å². The zero-order chi connectivity index (χ0) is 19.4. The third kappa shape index (κ3) is 4.12. The predicted octanol–water partition coefficient (Wildman–Crippen LogP) is 1.36. The van der Waals surface area contributed by atoms with E-state index in [0.29, 0.717) is 31.7 Å². The zero-order valence-corrected chi connectivity index (χ0v) is 17.1. The molecular weight excluding hydrogens is 364 g/mol. The van der Waals surface area contributed by atoms with Gasteiger partial charge in [-0.25, -0.2) is 8.42 Å². The van der Waals surface area contributed by atoms with Crippen molar-refractivity contribution in [2.75, 3.05) is 57.3 Å². The van der Waals surface area contributed by atoms with Crippen LogP contribution in [0.5, 0.6) is 0 Å². The monoisotopic (exact) mass is 394 g/mol. The van der Waals surface area contributed by atoms with Crippen LogP contribution in [0.25, 0.3) is 0 Å². The molecule has 0 saturated carbocycles. The quantitative estimate of drug-likeness (QED) is 0.789. The van der Waals surface area contributed by atoms with Crippen molar-refractivity contribution < 1.29 is 13.2 Å². The molecule has 0 unspecified atom stereocenters. The van der Waals surface area contributed by atoms with Gasteiger partial charge in [0.15, 0.2) is 0 Å². The number of carbonyl (C=O) groups excluding carboxylic acids is 1. The van der Waals surface area contributed by atoms with Crippen LogP contribution in [0, 0.1) is 0 Å². The Hall–Kier alpha value is -1.64. The summed E-state index contributed by atoms with van der Waals surface area (Å²) in [5.74, 6) is -0.0741. The molecule has 0 bridgehead atoms. The molecule has 2 heterocycles. The van der Waals surface area contributed by atoms with E-state index in [1.54, 1.807) is 12.1 Å². The fourth-order valence-electron chi connectivity index (χ4n) is 3.83. The number of rotatable bonds is 6. The average molecular weight is 395 g/mol. The van der Waals surface area contributed by atoms with Crippen molar-refractivity contribution in [1.29, 1.82) is 0 Å². The molecule has 8 heteroatoms. The Morgan fingerprint density at radius 2 is 1.70 bits per heavy atom. The molecule has 2 fully saturated rings. The highest BCUT2D eigenvalue weighted by Crippen LogP contribution is 2.29. The Balaban J connectivity index is 2.02. The number of anilines is 1. The highest BCUT2D eigenvalue weighted by atomic mass is 32.2. The molecule has 2 saturated heterocycles. The number of hydrogen-bond donors (Lipinski definition) is 1. The van der Waals surface area contributed by atoms with E-state index in [9.17, 15) is 13.2 Å². The van der Waals surface area contributed by atoms with Crippen molar-refractivity contribution in [1.82, 2.24) is 14.5 Å². The van der Waals surface area contributed by atoms with Gasteiger partial charge < -0.3 is 15.1 Å². The molecule has 0 radical (unpaired) electrons. The van der Waals surface area contributed by atoms with Crippen LogP contribution in [0.3, 0.4) is 0 Å². The van der Waals surface area contributed by atoms with Gasteiger partial charge in [-0.3, -0.25) is 4.79 Å². The minimum absolute atomic E-state index is 0.0741. The highest BCUT2D eigenvalue weighted by Gasteiger charge is 2.28. The molecule has 150 valence electrons. The van der Waals surface area contributed by atoms with E-state index in [0.717, 1.165) is 44.7 Å². The van der Waals surface area contributed by atoms with Gasteiger partial charge in [-0.05, 0) is 31.0 Å². The molecule has 0 spiro atoms. The Morgan fingerprint density at radius 3 is 2.30 bits per heavy atom. The van der Waals surface area contributed by atoms with Gasteiger partial charge in [0.25, 0.3) is 5.91 Å². The van der Waals surface area contributed by atoms with Crippen LogP contribution in [0.4, 0.5) is 5.69 Å². The van der Waals surface area contributed by atoms with Crippen LogP contribution in [0.1, 0.15) is 37.0 Å². The second kappa shape index (κ2) is 8.58. The fraction of sp³-hybridized carbons (Fsp3) is 0.632. The Labute approximate surface area is 162 Å². The van der Waals surface area contributed by atoms with Crippen LogP contribution in [-0.4, -0.2) is 75.9 Å². The molecule has 1 N–H and O–H groups in total. The van der Waals surface area contributed by atoms with E-state index in [1.807, 2.05) is 24.8 Å². The number of hydrogen-bond acceptors (Lipinski definition) is 5. The molecular formula is C19H30N4O3S. The van der Waals surface area contributed by atoms with Gasteiger partial charge in [0.1, 0.15) is 0 Å². The maximum absolute atomic E-state index is 13.2. The summed E-state index contributed by atoms with van der Waals surface area (Å²) in [5.41, 5.74) is 1.36. The molecule has 0 aromatic heterocycles. The van der Waals surface area contributed by atoms with E-state index in [1.165, 1.54) is 4.31 Å². The molecule has 7 nitrogen and oxygen atoms in total. The van der Waals surface area contributed by atoms with Crippen LogP contribution >= 0.6 is 0 Å². The second-order valence-electron chi connectivity index (χ2n) is 7.00. The van der Waals surface area contributed by atoms with Gasteiger partial charge >= 0.3 is 0 Å². The second-order valence-corrected chi connectivity index (χ2v) is 8.94. The van der Waals surface area contributed by atoms with Gasteiger partial charge in [0.2, 0.25) is 10.0 Å². The molecule has 2 aliphatic rings. The molecule has 1 aromatic rings. The number of amides is 1. The summed E-state index contributed by atoms with van der Waals surface area (Å²) in [4.78, 5) is 17.4. The van der Waals surface area contributed by atoms with E-state index in [2.05, 4.69) is 10.2 Å². The van der Waals surface area contributed by atoms with Gasteiger partial charge in [-0.15, -0.1) is 0 Å². The molecule has 2 aliphatic heterocycles. The lowest BCUT2D eigenvalue weighted by atomic mass is 10.1. The summed E-state index contributed by atoms with van der Waals surface area (Å²) in [6.45, 7) is 9.11. The van der Waals surface area contributed by atoms with Crippen molar-refractivity contribution in [3.63, 3.8) is 0 Å². The third-order valence-corrected chi connectivity index (χ3v) is 7.44. The number of sulfonamides is 1. The SMILES string of the molecule is CCN(CC)S(=O)(=O)c1ccc(N2CCCC2)c(C(=O)N2CCNCC2)c1. The lowest BCUT2D eigenvalue weighted by Gasteiger charge is -2.30. The summed E-state index contributed by atoms with van der Waals surface area (Å²) in [6, 6.07) is 5.05. The maximum Gasteiger partial charge on any atom is 0.256 e. The molecule has 3 rings (SSSR count). The van der Waals surface area contributed by atoms with Gasteiger partial charge in [0.05, 0.1) is 10.5 Å². The largest absolute Gasteiger partial charge is 0.371 e. The molecule has 0 aliphatic carbocycles. The first-order valence-corrected chi connectivity index (χ1v) is 11.3. The van der Waals surface area contributed by atoms with Crippen LogP contribution in [0.15, 0.2) is 23.1 Å². The molecule has 0 atom stereocenters. The third-order valence-electron chi connectivity index (χ3n) is 5.39. The number of nitrogens with zero attached hydrogens (tertiary/aromatic N) is 3. The molecule has 1 aromatic carbocycles. The number of carbonyl (C=O) groups is 1. The average Bonchev–Trinajstić information content (AvgIpc) is 3.23. The van der Waals surface area contributed by atoms with Crippen LogP contribution in [-0.2, 0) is 10.0 Å². The van der Waals surface area contributed by atoms with Gasteiger partial charge in [0, 0.05) is 58.0 Å². The normalized spacial score (nSPS) is 18.3. The van der Waals surface area contributed by atoms with E-state index >= 15 is 0 Å². The van der Waals surface area contributed by atoms with E-state index < -0.39 is 10.0 Å². The summed E-state index contributed by atoms with van der Waals surface area (Å²) >= 11 is 0. The van der Waals surface area contributed by atoms with Crippen molar-refractivity contribution in [2.24, 2.45) is 0 Å². The minimum atomic E-state index is -3.60. The van der Waals surface area contributed by atoms with Crippen molar-refractivity contribution in [3.05, 3.63) is 23.8 Å². The first-order chi connectivity index (χ1) is 13.0. The number of piperazine rings is 1. The van der Waals surface area contributed by atoms with Crippen LogP contribution < -0.4 is 10.2 Å².